The van der Waals surface area contributed by atoms with Crippen LogP contribution in [0.15, 0.2) is 30.3 Å². The lowest BCUT2D eigenvalue weighted by atomic mass is 9.96. The topological polar surface area (TPSA) is 43.8 Å². The minimum absolute atomic E-state index is 0.438. The van der Waals surface area contributed by atoms with Gasteiger partial charge in [0.15, 0.2) is 0 Å². The highest BCUT2D eigenvalue weighted by atomic mass is 15.1. The molecule has 0 saturated heterocycles. The molecule has 0 aliphatic carbocycles. The van der Waals surface area contributed by atoms with Gasteiger partial charge < -0.3 is 10.3 Å². The van der Waals surface area contributed by atoms with Crippen LogP contribution < -0.4 is 5.73 Å². The van der Waals surface area contributed by atoms with E-state index in [9.17, 15) is 0 Å². The molecule has 2 aromatic rings. The van der Waals surface area contributed by atoms with E-state index >= 15 is 0 Å². The number of nitrogen functional groups attached to an aromatic ring is 1. The van der Waals surface area contributed by atoms with E-state index in [4.69, 9.17) is 10.7 Å². The van der Waals surface area contributed by atoms with E-state index in [-0.39, 0.29) is 0 Å². The highest BCUT2D eigenvalue weighted by Crippen LogP contribution is 2.24. The van der Waals surface area contributed by atoms with E-state index in [1.165, 1.54) is 5.56 Å². The van der Waals surface area contributed by atoms with Crippen LogP contribution in [0.25, 0.3) is 0 Å². The van der Waals surface area contributed by atoms with Crippen LogP contribution in [0.5, 0.6) is 0 Å². The normalized spacial score (nSPS) is 12.6. The molecule has 20 heavy (non-hydrogen) atoms. The molecule has 2 rings (SSSR count). The predicted molar refractivity (Wildman–Crippen MR) is 84.9 cm³/mol. The second kappa shape index (κ2) is 6.60. The van der Waals surface area contributed by atoms with E-state index in [1.807, 2.05) is 0 Å². The fourth-order valence-electron chi connectivity index (χ4n) is 2.65. The highest BCUT2D eigenvalue weighted by Gasteiger charge is 2.16. The zero-order chi connectivity index (χ0) is 14.5. The fourth-order valence-corrected chi connectivity index (χ4v) is 2.65. The van der Waals surface area contributed by atoms with Crippen molar-refractivity contribution in [1.29, 1.82) is 0 Å². The third-order valence-electron chi connectivity index (χ3n) is 3.79. The maximum atomic E-state index is 6.29. The predicted octanol–water partition coefficient (Wildman–Crippen LogP) is 3.78. The summed E-state index contributed by atoms with van der Waals surface area (Å²) in [4.78, 5) is 4.75. The van der Waals surface area contributed by atoms with Gasteiger partial charge in [0.05, 0.1) is 5.69 Å². The largest absolute Gasteiger partial charge is 0.384 e. The average Bonchev–Trinajstić information content (AvgIpc) is 2.77. The molecule has 2 N–H and O–H groups in total. The lowest BCUT2D eigenvalue weighted by molar-refractivity contribution is 0.650. The minimum Gasteiger partial charge on any atom is -0.384 e. The van der Waals surface area contributed by atoms with Gasteiger partial charge in [-0.1, -0.05) is 51.1 Å². The minimum atomic E-state index is 0.438. The van der Waals surface area contributed by atoms with Gasteiger partial charge >= 0.3 is 0 Å². The van der Waals surface area contributed by atoms with Crippen LogP contribution in [0.3, 0.4) is 0 Å². The maximum absolute atomic E-state index is 6.29. The summed E-state index contributed by atoms with van der Waals surface area (Å²) in [6.45, 7) is 7.50. The number of hydrogen-bond donors (Lipinski definition) is 1. The van der Waals surface area contributed by atoms with Crippen molar-refractivity contribution in [3.8, 4) is 0 Å². The van der Waals surface area contributed by atoms with E-state index in [0.717, 1.165) is 43.1 Å². The molecule has 1 atom stereocenters. The fraction of sp³-hybridized carbons (Fsp3) is 0.471. The number of hydrogen-bond acceptors (Lipinski definition) is 2. The molecule has 1 unspecified atom stereocenters. The Labute approximate surface area is 121 Å². The van der Waals surface area contributed by atoms with E-state index < -0.39 is 0 Å². The van der Waals surface area contributed by atoms with Crippen LogP contribution in [0.4, 0.5) is 5.82 Å². The summed E-state index contributed by atoms with van der Waals surface area (Å²) in [5.74, 6) is 2.40. The summed E-state index contributed by atoms with van der Waals surface area (Å²) in [6.07, 6.45) is 2.92. The van der Waals surface area contributed by atoms with Gasteiger partial charge in [0.2, 0.25) is 0 Å². The van der Waals surface area contributed by atoms with Crippen LogP contribution in [0.2, 0.25) is 0 Å². The molecule has 0 bridgehead atoms. The number of aromatic nitrogens is 2. The Bertz CT molecular complexity index is 543. The van der Waals surface area contributed by atoms with Crippen molar-refractivity contribution in [2.75, 3.05) is 5.73 Å². The quantitative estimate of drug-likeness (QED) is 0.868. The smallest absolute Gasteiger partial charge is 0.126 e. The first-order chi connectivity index (χ1) is 9.67. The zero-order valence-corrected chi connectivity index (χ0v) is 12.8. The first-order valence-corrected chi connectivity index (χ1v) is 7.56. The van der Waals surface area contributed by atoms with E-state index in [2.05, 4.69) is 55.7 Å². The van der Waals surface area contributed by atoms with Crippen molar-refractivity contribution >= 4 is 5.82 Å². The third kappa shape index (κ3) is 3.03. The molecule has 108 valence electrons. The average molecular weight is 271 g/mol. The second-order valence-corrected chi connectivity index (χ2v) is 5.38. The van der Waals surface area contributed by atoms with Crippen LogP contribution in [0.1, 0.15) is 50.2 Å². The first kappa shape index (κ1) is 14.6. The summed E-state index contributed by atoms with van der Waals surface area (Å²) < 4.78 is 2.17. The lowest BCUT2D eigenvalue weighted by Crippen LogP contribution is -2.07. The number of aryl methyl sites for hydroxylation is 1. The van der Waals surface area contributed by atoms with Crippen LogP contribution in [-0.2, 0) is 19.4 Å². The zero-order valence-electron chi connectivity index (χ0n) is 12.8. The number of benzene rings is 1. The molecule has 0 spiro atoms. The van der Waals surface area contributed by atoms with Crippen LogP contribution >= 0.6 is 0 Å². The number of imidazole rings is 1. The maximum Gasteiger partial charge on any atom is 0.126 e. The number of nitrogens with two attached hydrogens (primary N) is 1. The Kier molecular flexibility index (Phi) is 4.83. The van der Waals surface area contributed by atoms with Crippen molar-refractivity contribution in [3.63, 3.8) is 0 Å². The monoisotopic (exact) mass is 271 g/mol. The van der Waals surface area contributed by atoms with Gasteiger partial charge in [-0.25, -0.2) is 4.98 Å². The summed E-state index contributed by atoms with van der Waals surface area (Å²) >= 11 is 0. The van der Waals surface area contributed by atoms with Crippen LogP contribution in [-0.4, -0.2) is 9.55 Å². The molecule has 3 heteroatoms. The SMILES string of the molecule is CCCn1c(CC)nc(CC(C)c2ccccc2)c1N. The molecule has 0 saturated carbocycles. The lowest BCUT2D eigenvalue weighted by Gasteiger charge is -2.11. The Morgan fingerprint density at radius 3 is 2.50 bits per heavy atom. The van der Waals surface area contributed by atoms with E-state index in [1.54, 1.807) is 0 Å². The second-order valence-electron chi connectivity index (χ2n) is 5.38. The molecule has 0 aliphatic rings. The molecule has 0 radical (unpaired) electrons. The Balaban J connectivity index is 2.21. The van der Waals surface area contributed by atoms with Crippen molar-refractivity contribution in [1.82, 2.24) is 9.55 Å². The van der Waals surface area contributed by atoms with Gasteiger partial charge in [-0.2, -0.15) is 0 Å². The summed E-state index contributed by atoms with van der Waals surface area (Å²) in [5, 5.41) is 0. The summed E-state index contributed by atoms with van der Waals surface area (Å²) in [6, 6.07) is 10.6. The molecular formula is C17H25N3. The Morgan fingerprint density at radius 2 is 1.90 bits per heavy atom. The van der Waals surface area contributed by atoms with E-state index in [0.29, 0.717) is 5.92 Å². The molecule has 0 aliphatic heterocycles. The molecule has 1 aromatic heterocycles. The third-order valence-corrected chi connectivity index (χ3v) is 3.79. The van der Waals surface area contributed by atoms with Gasteiger partial charge in [-0.3, -0.25) is 0 Å². The molecule has 0 amide bonds. The van der Waals surface area contributed by atoms with Crippen LogP contribution in [0, 0.1) is 0 Å². The number of nitrogens with zero attached hydrogens (tertiary/aromatic N) is 2. The van der Waals surface area contributed by atoms with Gasteiger partial charge in [0.1, 0.15) is 11.6 Å². The Hall–Kier alpha value is -1.77. The van der Waals surface area contributed by atoms with Crippen molar-refractivity contribution in [3.05, 3.63) is 47.4 Å². The first-order valence-electron chi connectivity index (χ1n) is 7.56. The summed E-state index contributed by atoms with van der Waals surface area (Å²) in [7, 11) is 0. The van der Waals surface area contributed by atoms with Crippen molar-refractivity contribution in [2.45, 2.75) is 52.5 Å². The highest BCUT2D eigenvalue weighted by molar-refractivity contribution is 5.39. The number of rotatable bonds is 6. The molecule has 1 heterocycles. The van der Waals surface area contributed by atoms with Crippen molar-refractivity contribution in [2.24, 2.45) is 0 Å². The van der Waals surface area contributed by atoms with Gasteiger partial charge in [0.25, 0.3) is 0 Å². The molecule has 3 nitrogen and oxygen atoms in total. The molecule has 1 aromatic carbocycles. The molecular weight excluding hydrogens is 246 g/mol. The standard InChI is InChI=1S/C17H25N3/c1-4-11-20-16(5-2)19-15(17(20)18)12-13(3)14-9-7-6-8-10-14/h6-10,13H,4-5,11-12,18H2,1-3H3. The van der Waals surface area contributed by atoms with Gasteiger partial charge in [-0.15, -0.1) is 0 Å². The Morgan fingerprint density at radius 1 is 1.20 bits per heavy atom. The molecule has 0 fully saturated rings. The number of anilines is 1. The van der Waals surface area contributed by atoms with Gasteiger partial charge in [0, 0.05) is 13.0 Å². The summed E-state index contributed by atoms with van der Waals surface area (Å²) in [5.41, 5.74) is 8.68. The van der Waals surface area contributed by atoms with Crippen molar-refractivity contribution < 1.29 is 0 Å². The van der Waals surface area contributed by atoms with Gasteiger partial charge in [-0.05, 0) is 24.3 Å².